The number of piperidine rings is 1. The number of nitrogen functional groups attached to an aromatic ring is 1. The molecule has 2 N–H and O–H groups in total. The van der Waals surface area contributed by atoms with Crippen LogP contribution in [0.4, 0.5) is 11.6 Å². The third kappa shape index (κ3) is 2.14. The second-order valence-corrected chi connectivity index (χ2v) is 4.06. The highest BCUT2D eigenvalue weighted by molar-refractivity contribution is 5.63. The molecule has 0 aliphatic carbocycles. The summed E-state index contributed by atoms with van der Waals surface area (Å²) in [5.74, 6) is 0.816. The number of pyridine rings is 1. The molecule has 2 rings (SSSR count). The van der Waals surface area contributed by atoms with Crippen LogP contribution in [0.1, 0.15) is 30.4 Å². The molecule has 0 atom stereocenters. The zero-order valence-electron chi connectivity index (χ0n) is 9.48. The average molecular weight is 227 g/mol. The number of rotatable bonds is 1. The van der Waals surface area contributed by atoms with Crippen molar-refractivity contribution in [3.63, 3.8) is 0 Å². The number of hydrogen-bond acceptors (Lipinski definition) is 5. The maximum absolute atomic E-state index is 9.09. The lowest BCUT2D eigenvalue weighted by Crippen LogP contribution is -2.31. The van der Waals surface area contributed by atoms with Gasteiger partial charge in [-0.3, -0.25) is 0 Å². The van der Waals surface area contributed by atoms with Crippen LogP contribution >= 0.6 is 0 Å². The molecule has 0 aromatic carbocycles. The van der Waals surface area contributed by atoms with E-state index in [1.54, 1.807) is 0 Å². The van der Waals surface area contributed by atoms with E-state index in [2.05, 4.69) is 16.0 Å². The maximum atomic E-state index is 9.09. The van der Waals surface area contributed by atoms with Crippen molar-refractivity contribution in [2.75, 3.05) is 23.7 Å². The molecule has 0 bridgehead atoms. The van der Waals surface area contributed by atoms with Gasteiger partial charge in [0.2, 0.25) is 0 Å². The van der Waals surface area contributed by atoms with Gasteiger partial charge >= 0.3 is 0 Å². The molecular formula is C12H13N5. The first-order valence-electron chi connectivity index (χ1n) is 5.62. The molecule has 1 aliphatic rings. The van der Waals surface area contributed by atoms with Gasteiger partial charge in [-0.05, 0) is 25.3 Å². The molecule has 17 heavy (non-hydrogen) atoms. The summed E-state index contributed by atoms with van der Waals surface area (Å²) in [7, 11) is 0. The van der Waals surface area contributed by atoms with Crippen LogP contribution in [0, 0.1) is 22.7 Å². The Morgan fingerprint density at radius 2 is 1.76 bits per heavy atom. The van der Waals surface area contributed by atoms with E-state index in [4.69, 9.17) is 16.3 Å². The first kappa shape index (κ1) is 11.2. The van der Waals surface area contributed by atoms with Gasteiger partial charge in [0.15, 0.2) is 0 Å². The fraction of sp³-hybridized carbons (Fsp3) is 0.417. The van der Waals surface area contributed by atoms with Gasteiger partial charge in [0.25, 0.3) is 0 Å². The van der Waals surface area contributed by atoms with Crippen molar-refractivity contribution >= 4 is 11.6 Å². The zero-order chi connectivity index (χ0) is 12.3. The molecule has 1 aromatic rings. The van der Waals surface area contributed by atoms with E-state index in [0.717, 1.165) is 25.9 Å². The number of aromatic nitrogens is 1. The van der Waals surface area contributed by atoms with Crippen molar-refractivity contribution in [3.8, 4) is 12.1 Å². The van der Waals surface area contributed by atoms with Crippen molar-refractivity contribution in [2.45, 2.75) is 19.3 Å². The molecule has 86 valence electrons. The highest BCUT2D eigenvalue weighted by Gasteiger charge is 2.18. The van der Waals surface area contributed by atoms with E-state index in [1.807, 2.05) is 6.07 Å². The molecular weight excluding hydrogens is 214 g/mol. The second-order valence-electron chi connectivity index (χ2n) is 4.06. The summed E-state index contributed by atoms with van der Waals surface area (Å²) in [6.45, 7) is 1.79. The SMILES string of the molecule is N#Cc1cc(C#N)c(N2CCCCC2)nc1N. The highest BCUT2D eigenvalue weighted by Crippen LogP contribution is 2.24. The van der Waals surface area contributed by atoms with Gasteiger partial charge in [0.1, 0.15) is 23.8 Å². The molecule has 5 nitrogen and oxygen atoms in total. The van der Waals surface area contributed by atoms with E-state index >= 15 is 0 Å². The predicted octanol–water partition coefficient (Wildman–Crippen LogP) is 1.40. The summed E-state index contributed by atoms with van der Waals surface area (Å²) >= 11 is 0. The number of nitrogens with zero attached hydrogens (tertiary/aromatic N) is 4. The molecule has 0 unspecified atom stereocenters. The van der Waals surface area contributed by atoms with E-state index in [1.165, 1.54) is 12.5 Å². The molecule has 0 spiro atoms. The first-order valence-corrected chi connectivity index (χ1v) is 5.62. The summed E-state index contributed by atoms with van der Waals surface area (Å²) in [5, 5.41) is 17.9. The smallest absolute Gasteiger partial charge is 0.149 e. The Bertz CT molecular complexity index is 503. The van der Waals surface area contributed by atoms with Crippen LogP contribution in [-0.4, -0.2) is 18.1 Å². The van der Waals surface area contributed by atoms with Gasteiger partial charge < -0.3 is 10.6 Å². The Hall–Kier alpha value is -2.27. The molecule has 1 fully saturated rings. The van der Waals surface area contributed by atoms with Gasteiger partial charge in [0, 0.05) is 13.1 Å². The van der Waals surface area contributed by atoms with E-state index in [9.17, 15) is 0 Å². The molecule has 0 amide bonds. The van der Waals surface area contributed by atoms with Gasteiger partial charge in [0.05, 0.1) is 11.1 Å². The Morgan fingerprint density at radius 1 is 1.12 bits per heavy atom. The number of anilines is 2. The van der Waals surface area contributed by atoms with Gasteiger partial charge in [-0.25, -0.2) is 4.98 Å². The van der Waals surface area contributed by atoms with Crippen LogP contribution in [0.3, 0.4) is 0 Å². The number of nitriles is 2. The molecule has 0 saturated carbocycles. The summed E-state index contributed by atoms with van der Waals surface area (Å²) in [4.78, 5) is 6.27. The monoisotopic (exact) mass is 227 g/mol. The van der Waals surface area contributed by atoms with E-state index in [0.29, 0.717) is 11.4 Å². The standard InChI is InChI=1S/C12H13N5/c13-7-9-6-10(8-14)12(16-11(9)15)17-4-2-1-3-5-17/h6H,1-5H2,(H2,15,16). The van der Waals surface area contributed by atoms with Gasteiger partial charge in [-0.15, -0.1) is 0 Å². The number of hydrogen-bond donors (Lipinski definition) is 1. The molecule has 2 heterocycles. The summed E-state index contributed by atoms with van der Waals surface area (Å²) in [5.41, 5.74) is 6.39. The summed E-state index contributed by atoms with van der Waals surface area (Å²) in [6.07, 6.45) is 3.42. The molecule has 1 saturated heterocycles. The minimum absolute atomic E-state index is 0.201. The van der Waals surface area contributed by atoms with E-state index < -0.39 is 0 Å². The first-order chi connectivity index (χ1) is 8.26. The summed E-state index contributed by atoms with van der Waals surface area (Å²) in [6, 6.07) is 5.55. The van der Waals surface area contributed by atoms with Crippen LogP contribution in [0.2, 0.25) is 0 Å². The van der Waals surface area contributed by atoms with Crippen LogP contribution in [0.15, 0.2) is 6.07 Å². The Balaban J connectivity index is 2.43. The fourth-order valence-electron chi connectivity index (χ4n) is 2.04. The van der Waals surface area contributed by atoms with E-state index in [-0.39, 0.29) is 11.4 Å². The molecule has 1 aliphatic heterocycles. The highest BCUT2D eigenvalue weighted by atomic mass is 15.2. The quantitative estimate of drug-likeness (QED) is 0.783. The lowest BCUT2D eigenvalue weighted by molar-refractivity contribution is 0.573. The lowest BCUT2D eigenvalue weighted by Gasteiger charge is -2.28. The van der Waals surface area contributed by atoms with Crippen LogP contribution < -0.4 is 10.6 Å². The molecule has 5 heteroatoms. The number of nitrogens with two attached hydrogens (primary N) is 1. The zero-order valence-corrected chi connectivity index (χ0v) is 9.48. The normalized spacial score (nSPS) is 15.1. The van der Waals surface area contributed by atoms with Gasteiger partial charge in [-0.1, -0.05) is 0 Å². The Kier molecular flexibility index (Phi) is 3.11. The second kappa shape index (κ2) is 4.71. The van der Waals surface area contributed by atoms with Crippen molar-refractivity contribution in [1.82, 2.24) is 4.98 Å². The van der Waals surface area contributed by atoms with Crippen LogP contribution in [0.5, 0.6) is 0 Å². The van der Waals surface area contributed by atoms with Gasteiger partial charge in [-0.2, -0.15) is 10.5 Å². The van der Waals surface area contributed by atoms with Crippen molar-refractivity contribution in [1.29, 1.82) is 10.5 Å². The topological polar surface area (TPSA) is 89.7 Å². The third-order valence-corrected chi connectivity index (χ3v) is 2.93. The fourth-order valence-corrected chi connectivity index (χ4v) is 2.04. The summed E-state index contributed by atoms with van der Waals surface area (Å²) < 4.78 is 0. The largest absolute Gasteiger partial charge is 0.383 e. The van der Waals surface area contributed by atoms with Crippen molar-refractivity contribution < 1.29 is 0 Å². The average Bonchev–Trinajstić information content (AvgIpc) is 2.39. The van der Waals surface area contributed by atoms with Crippen molar-refractivity contribution in [3.05, 3.63) is 17.2 Å². The minimum Gasteiger partial charge on any atom is -0.383 e. The Morgan fingerprint density at radius 3 is 2.35 bits per heavy atom. The predicted molar refractivity (Wildman–Crippen MR) is 64.1 cm³/mol. The minimum atomic E-state index is 0.201. The Labute approximate surface area is 100 Å². The molecule has 1 aromatic heterocycles. The molecule has 0 radical (unpaired) electrons. The van der Waals surface area contributed by atoms with Crippen LogP contribution in [-0.2, 0) is 0 Å². The third-order valence-electron chi connectivity index (χ3n) is 2.93. The van der Waals surface area contributed by atoms with Crippen LogP contribution in [0.25, 0.3) is 0 Å². The maximum Gasteiger partial charge on any atom is 0.149 e. The van der Waals surface area contributed by atoms with Crippen molar-refractivity contribution in [2.24, 2.45) is 0 Å². The lowest BCUT2D eigenvalue weighted by atomic mass is 10.1.